The van der Waals surface area contributed by atoms with Crippen molar-refractivity contribution in [2.24, 2.45) is 0 Å². The Morgan fingerprint density at radius 2 is 1.84 bits per heavy atom. The number of nitrogens with zero attached hydrogens (tertiary/aromatic N) is 1. The molecule has 3 rings (SSSR count). The number of carbonyl (C=O) groups excluding carboxylic acids is 1. The summed E-state index contributed by atoms with van der Waals surface area (Å²) in [7, 11) is -3.55. The molecule has 0 unspecified atom stereocenters. The minimum Gasteiger partial charge on any atom is -0.486 e. The van der Waals surface area contributed by atoms with Gasteiger partial charge in [-0.15, -0.1) is 0 Å². The van der Waals surface area contributed by atoms with E-state index in [1.807, 2.05) is 0 Å². The molecule has 8 heteroatoms. The lowest BCUT2D eigenvalue weighted by atomic mass is 10.3. The lowest BCUT2D eigenvalue weighted by molar-refractivity contribution is -0.114. The summed E-state index contributed by atoms with van der Waals surface area (Å²) in [5.41, 5.74) is 0.678. The molecule has 1 N–H and O–H groups in total. The minimum absolute atomic E-state index is 0.0472. The van der Waals surface area contributed by atoms with Crippen LogP contribution in [0.5, 0.6) is 5.75 Å². The summed E-state index contributed by atoms with van der Waals surface area (Å²) in [5.74, 6) is 0.883. The predicted octanol–water partition coefficient (Wildman–Crippen LogP) is 2.60. The topological polar surface area (TPSA) is 88.8 Å². The number of ether oxygens (including phenoxy) is 1. The van der Waals surface area contributed by atoms with Gasteiger partial charge in [0.25, 0.3) is 10.0 Å². The highest BCUT2D eigenvalue weighted by atomic mass is 32.2. The number of anilines is 1. The van der Waals surface area contributed by atoms with E-state index in [9.17, 15) is 13.2 Å². The van der Waals surface area contributed by atoms with Gasteiger partial charge in [-0.25, -0.2) is 8.42 Å². The molecule has 0 saturated carbocycles. The Morgan fingerprint density at radius 3 is 2.48 bits per heavy atom. The van der Waals surface area contributed by atoms with Crippen LogP contribution < -0.4 is 10.1 Å². The van der Waals surface area contributed by atoms with Crippen molar-refractivity contribution in [1.29, 1.82) is 0 Å². The van der Waals surface area contributed by atoms with Crippen molar-refractivity contribution in [3.05, 3.63) is 42.2 Å². The molecule has 0 aliphatic carbocycles. The first-order chi connectivity index (χ1) is 11.9. The maximum Gasteiger partial charge on any atom is 0.276 e. The average Bonchev–Trinajstić information content (AvgIpc) is 3.26. The number of sulfonamides is 1. The number of carbonyl (C=O) groups is 1. The molecule has 2 heterocycles. The zero-order valence-electron chi connectivity index (χ0n) is 13.9. The van der Waals surface area contributed by atoms with E-state index in [1.165, 1.54) is 17.3 Å². The number of hydrogen-bond donors (Lipinski definition) is 1. The third kappa shape index (κ3) is 4.21. The number of benzene rings is 1. The van der Waals surface area contributed by atoms with Crippen molar-refractivity contribution < 1.29 is 22.4 Å². The zero-order valence-corrected chi connectivity index (χ0v) is 14.7. The fraction of sp³-hybridized carbons (Fsp3) is 0.353. The Morgan fingerprint density at radius 1 is 1.16 bits per heavy atom. The van der Waals surface area contributed by atoms with Crippen LogP contribution in [0.4, 0.5) is 5.69 Å². The maximum absolute atomic E-state index is 12.4. The highest BCUT2D eigenvalue weighted by Crippen LogP contribution is 2.23. The monoisotopic (exact) mass is 364 g/mol. The van der Waals surface area contributed by atoms with Crippen LogP contribution >= 0.6 is 0 Å². The van der Waals surface area contributed by atoms with Crippen molar-refractivity contribution in [1.82, 2.24) is 4.31 Å². The lowest BCUT2D eigenvalue weighted by Gasteiger charge is -2.12. The quantitative estimate of drug-likeness (QED) is 0.851. The molecule has 0 atom stereocenters. The normalized spacial score (nSPS) is 15.2. The molecule has 1 fully saturated rings. The van der Waals surface area contributed by atoms with E-state index >= 15 is 0 Å². The molecule has 1 aliphatic rings. The van der Waals surface area contributed by atoms with E-state index < -0.39 is 10.0 Å². The SMILES string of the molecule is CC(=O)Nc1ccc(OCc2ccc(S(=O)(=O)N3CCCC3)o2)cc1. The number of nitrogens with one attached hydrogen (secondary N) is 1. The van der Waals surface area contributed by atoms with E-state index in [-0.39, 0.29) is 17.6 Å². The second kappa shape index (κ2) is 7.28. The third-order valence-corrected chi connectivity index (χ3v) is 5.62. The Hall–Kier alpha value is -2.32. The van der Waals surface area contributed by atoms with E-state index in [0.717, 1.165) is 12.8 Å². The first-order valence-corrected chi connectivity index (χ1v) is 9.48. The standard InChI is InChI=1S/C17H20N2O5S/c1-13(20)18-14-4-6-15(7-5-14)23-12-16-8-9-17(24-16)25(21,22)19-10-2-3-11-19/h4-9H,2-3,10-12H2,1H3,(H,18,20). The number of amides is 1. The van der Waals surface area contributed by atoms with E-state index in [0.29, 0.717) is 30.3 Å². The van der Waals surface area contributed by atoms with Crippen molar-refractivity contribution in [2.75, 3.05) is 18.4 Å². The second-order valence-electron chi connectivity index (χ2n) is 5.83. The summed E-state index contributed by atoms with van der Waals surface area (Å²) in [6, 6.07) is 9.96. The molecule has 1 aromatic heterocycles. The third-order valence-electron chi connectivity index (χ3n) is 3.85. The van der Waals surface area contributed by atoms with Gasteiger partial charge in [0.1, 0.15) is 18.1 Å². The smallest absolute Gasteiger partial charge is 0.276 e. The molecule has 0 bridgehead atoms. The van der Waals surface area contributed by atoms with Gasteiger partial charge in [-0.05, 0) is 49.2 Å². The van der Waals surface area contributed by atoms with E-state index in [2.05, 4.69) is 5.32 Å². The molecular formula is C17H20N2O5S. The van der Waals surface area contributed by atoms with Gasteiger partial charge in [-0.3, -0.25) is 4.79 Å². The molecule has 2 aromatic rings. The zero-order chi connectivity index (χ0) is 17.9. The van der Waals surface area contributed by atoms with Gasteiger partial charge in [0, 0.05) is 25.7 Å². The van der Waals surface area contributed by atoms with Crippen LogP contribution in [0.15, 0.2) is 45.9 Å². The molecule has 0 radical (unpaired) electrons. The minimum atomic E-state index is -3.55. The summed E-state index contributed by atoms with van der Waals surface area (Å²) >= 11 is 0. The highest BCUT2D eigenvalue weighted by molar-refractivity contribution is 7.89. The van der Waals surface area contributed by atoms with E-state index in [4.69, 9.17) is 9.15 Å². The van der Waals surface area contributed by atoms with Crippen LogP contribution in [0.2, 0.25) is 0 Å². The number of hydrogen-bond acceptors (Lipinski definition) is 5. The summed E-state index contributed by atoms with van der Waals surface area (Å²) in [4.78, 5) is 11.0. The van der Waals surface area contributed by atoms with Gasteiger partial charge >= 0.3 is 0 Å². The van der Waals surface area contributed by atoms with Gasteiger partial charge in [0.05, 0.1) is 0 Å². The van der Waals surface area contributed by atoms with Crippen LogP contribution in [-0.2, 0) is 21.4 Å². The van der Waals surface area contributed by atoms with E-state index in [1.54, 1.807) is 30.3 Å². The molecule has 1 aliphatic heterocycles. The fourth-order valence-electron chi connectivity index (χ4n) is 2.62. The van der Waals surface area contributed by atoms with Crippen molar-refractivity contribution in [2.45, 2.75) is 31.5 Å². The molecule has 1 amide bonds. The average molecular weight is 364 g/mol. The van der Waals surface area contributed by atoms with Crippen molar-refractivity contribution in [3.8, 4) is 5.75 Å². The van der Waals surface area contributed by atoms with Gasteiger partial charge in [-0.1, -0.05) is 0 Å². The Balaban J connectivity index is 1.61. The van der Waals surface area contributed by atoms with Crippen LogP contribution in [0.25, 0.3) is 0 Å². The summed E-state index contributed by atoms with van der Waals surface area (Å²) in [6.45, 7) is 2.63. The van der Waals surface area contributed by atoms with Crippen molar-refractivity contribution in [3.63, 3.8) is 0 Å². The Bertz CT molecular complexity index is 836. The van der Waals surface area contributed by atoms with Crippen LogP contribution in [-0.4, -0.2) is 31.7 Å². The maximum atomic E-state index is 12.4. The first kappa shape index (κ1) is 17.5. The van der Waals surface area contributed by atoms with Gasteiger partial charge in [0.2, 0.25) is 11.0 Å². The number of rotatable bonds is 6. The Kier molecular flexibility index (Phi) is 5.10. The molecule has 134 valence electrons. The largest absolute Gasteiger partial charge is 0.486 e. The molecule has 25 heavy (non-hydrogen) atoms. The predicted molar refractivity (Wildman–Crippen MR) is 91.8 cm³/mol. The first-order valence-electron chi connectivity index (χ1n) is 8.04. The highest BCUT2D eigenvalue weighted by Gasteiger charge is 2.29. The molecule has 7 nitrogen and oxygen atoms in total. The van der Waals surface area contributed by atoms with Gasteiger partial charge < -0.3 is 14.5 Å². The Labute approximate surface area is 146 Å². The van der Waals surface area contributed by atoms with Gasteiger partial charge in [-0.2, -0.15) is 4.31 Å². The van der Waals surface area contributed by atoms with Crippen LogP contribution in [0.3, 0.4) is 0 Å². The fourth-order valence-corrected chi connectivity index (χ4v) is 4.07. The molecular weight excluding hydrogens is 344 g/mol. The van der Waals surface area contributed by atoms with Crippen LogP contribution in [0, 0.1) is 0 Å². The lowest BCUT2D eigenvalue weighted by Crippen LogP contribution is -2.27. The number of furan rings is 1. The molecule has 0 spiro atoms. The summed E-state index contributed by atoms with van der Waals surface area (Å²) < 4.78 is 37.3. The van der Waals surface area contributed by atoms with Crippen LogP contribution in [0.1, 0.15) is 25.5 Å². The van der Waals surface area contributed by atoms with Crippen molar-refractivity contribution >= 4 is 21.6 Å². The molecule has 1 aromatic carbocycles. The molecule has 1 saturated heterocycles. The second-order valence-corrected chi connectivity index (χ2v) is 7.70. The summed E-state index contributed by atoms with van der Waals surface area (Å²) in [6.07, 6.45) is 1.76. The summed E-state index contributed by atoms with van der Waals surface area (Å²) in [5, 5.41) is 2.62. The van der Waals surface area contributed by atoms with Gasteiger partial charge in [0.15, 0.2) is 0 Å².